The number of aromatic nitrogens is 2. The Balaban J connectivity index is 2.29. The van der Waals surface area contributed by atoms with Gasteiger partial charge in [-0.15, -0.1) is 0 Å². The zero-order valence-electron chi connectivity index (χ0n) is 11.5. The van der Waals surface area contributed by atoms with Crippen LogP contribution in [0, 0.1) is 0 Å². The molecule has 2 N–H and O–H groups in total. The van der Waals surface area contributed by atoms with Crippen LogP contribution in [-0.2, 0) is 13.0 Å². The van der Waals surface area contributed by atoms with Gasteiger partial charge in [-0.2, -0.15) is 0 Å². The Morgan fingerprint density at radius 2 is 1.95 bits per heavy atom. The maximum atomic E-state index is 11.8. The second-order valence-electron chi connectivity index (χ2n) is 5.12. The van der Waals surface area contributed by atoms with Gasteiger partial charge in [0.1, 0.15) is 0 Å². The average Bonchev–Trinajstić information content (AvgIpc) is 2.88. The third-order valence-electron chi connectivity index (χ3n) is 3.83. The summed E-state index contributed by atoms with van der Waals surface area (Å²) < 4.78 is 1.27. The number of aromatic hydroxyl groups is 1. The maximum absolute atomic E-state index is 11.8. The number of aromatic amines is 1. The first-order valence-electron chi connectivity index (χ1n) is 6.83. The molecule has 0 aromatic carbocycles. The molecule has 19 heavy (non-hydrogen) atoms. The van der Waals surface area contributed by atoms with Gasteiger partial charge >= 0.3 is 5.69 Å². The van der Waals surface area contributed by atoms with Crippen molar-refractivity contribution < 1.29 is 5.11 Å². The van der Waals surface area contributed by atoms with Crippen LogP contribution in [0.25, 0.3) is 0 Å². The molecule has 1 unspecified atom stereocenters. The lowest BCUT2D eigenvalue weighted by Gasteiger charge is -2.24. The van der Waals surface area contributed by atoms with E-state index in [1.54, 1.807) is 6.92 Å². The summed E-state index contributed by atoms with van der Waals surface area (Å²) in [5.74, 6) is -0.192. The van der Waals surface area contributed by atoms with E-state index in [0.29, 0.717) is 13.0 Å². The van der Waals surface area contributed by atoms with E-state index in [1.165, 1.54) is 17.4 Å². The molecule has 6 heteroatoms. The molecule has 1 fully saturated rings. The highest BCUT2D eigenvalue weighted by Gasteiger charge is 2.21. The molecule has 0 amide bonds. The minimum atomic E-state index is -0.536. The molecule has 2 heterocycles. The number of likely N-dealkylation sites (tertiary alicyclic amines) is 1. The fourth-order valence-electron chi connectivity index (χ4n) is 2.65. The number of hydrogen-bond donors (Lipinski definition) is 2. The van der Waals surface area contributed by atoms with Crippen LogP contribution in [0.15, 0.2) is 9.59 Å². The molecular weight excluding hydrogens is 246 g/mol. The van der Waals surface area contributed by atoms with Crippen molar-refractivity contribution in [3.05, 3.63) is 26.4 Å². The van der Waals surface area contributed by atoms with E-state index < -0.39 is 11.2 Å². The van der Waals surface area contributed by atoms with Crippen LogP contribution >= 0.6 is 0 Å². The Labute approximate surface area is 111 Å². The summed E-state index contributed by atoms with van der Waals surface area (Å²) in [6.45, 7) is 6.27. The van der Waals surface area contributed by atoms with Crippen molar-refractivity contribution in [1.29, 1.82) is 0 Å². The van der Waals surface area contributed by atoms with Crippen LogP contribution in [0.4, 0.5) is 0 Å². The first-order valence-corrected chi connectivity index (χ1v) is 6.83. The zero-order valence-corrected chi connectivity index (χ0v) is 11.5. The predicted octanol–water partition coefficient (Wildman–Crippen LogP) is 0.289. The third-order valence-corrected chi connectivity index (χ3v) is 3.83. The molecule has 1 aromatic rings. The molecule has 2 rings (SSSR count). The monoisotopic (exact) mass is 267 g/mol. The molecule has 0 spiro atoms. The van der Waals surface area contributed by atoms with E-state index in [2.05, 4.69) is 9.88 Å². The van der Waals surface area contributed by atoms with Crippen molar-refractivity contribution in [2.24, 2.45) is 0 Å². The summed E-state index contributed by atoms with van der Waals surface area (Å²) in [5, 5.41) is 10.1. The summed E-state index contributed by atoms with van der Waals surface area (Å²) in [7, 11) is 0. The average molecular weight is 267 g/mol. The standard InChI is InChI=1S/C13H21N3O3/c1-3-10-11(17)14-13(19)16(12(10)18)8-9(2)15-6-4-5-7-15/h9,18H,3-8H2,1-2H3,(H,14,17,19). The Hall–Kier alpha value is -1.56. The largest absolute Gasteiger partial charge is 0.494 e. The zero-order chi connectivity index (χ0) is 14.0. The lowest BCUT2D eigenvalue weighted by Crippen LogP contribution is -2.39. The van der Waals surface area contributed by atoms with Gasteiger partial charge in [0.25, 0.3) is 5.56 Å². The van der Waals surface area contributed by atoms with Crippen LogP contribution in [0.1, 0.15) is 32.3 Å². The topological polar surface area (TPSA) is 78.3 Å². The summed E-state index contributed by atoms with van der Waals surface area (Å²) >= 11 is 0. The predicted molar refractivity (Wildman–Crippen MR) is 72.6 cm³/mol. The molecule has 1 aliphatic rings. The number of rotatable bonds is 4. The highest BCUT2D eigenvalue weighted by molar-refractivity contribution is 5.22. The summed E-state index contributed by atoms with van der Waals surface area (Å²) in [6, 6.07) is 0.168. The van der Waals surface area contributed by atoms with Crippen molar-refractivity contribution in [1.82, 2.24) is 14.5 Å². The van der Waals surface area contributed by atoms with Gasteiger partial charge in [0, 0.05) is 12.6 Å². The van der Waals surface area contributed by atoms with E-state index in [4.69, 9.17) is 0 Å². The van der Waals surface area contributed by atoms with Crippen LogP contribution in [0.2, 0.25) is 0 Å². The van der Waals surface area contributed by atoms with Gasteiger partial charge in [-0.1, -0.05) is 6.92 Å². The minimum Gasteiger partial charge on any atom is -0.494 e. The Bertz CT molecular complexity index is 555. The molecule has 0 aliphatic carbocycles. The van der Waals surface area contributed by atoms with E-state index in [-0.39, 0.29) is 17.5 Å². The molecule has 6 nitrogen and oxygen atoms in total. The van der Waals surface area contributed by atoms with Crippen molar-refractivity contribution in [2.45, 2.75) is 45.7 Å². The SMILES string of the molecule is CCc1c(O)n(CC(C)N2CCCC2)c(=O)[nH]c1=O. The smallest absolute Gasteiger partial charge is 0.331 e. The number of H-pyrrole nitrogens is 1. The fraction of sp³-hybridized carbons (Fsp3) is 0.692. The number of nitrogens with zero attached hydrogens (tertiary/aromatic N) is 2. The van der Waals surface area contributed by atoms with Crippen LogP contribution in [0.5, 0.6) is 5.88 Å². The number of hydrogen-bond acceptors (Lipinski definition) is 4. The summed E-state index contributed by atoms with van der Waals surface area (Å²) in [5.41, 5.74) is -0.756. The van der Waals surface area contributed by atoms with Crippen LogP contribution in [0.3, 0.4) is 0 Å². The molecule has 0 bridgehead atoms. The summed E-state index contributed by atoms with van der Waals surface area (Å²) in [4.78, 5) is 27.9. The molecule has 106 valence electrons. The lowest BCUT2D eigenvalue weighted by molar-refractivity contribution is 0.225. The van der Waals surface area contributed by atoms with Gasteiger partial charge in [-0.3, -0.25) is 19.2 Å². The van der Waals surface area contributed by atoms with Crippen molar-refractivity contribution in [2.75, 3.05) is 13.1 Å². The lowest BCUT2D eigenvalue weighted by atomic mass is 10.2. The second-order valence-corrected chi connectivity index (χ2v) is 5.12. The van der Waals surface area contributed by atoms with E-state index >= 15 is 0 Å². The Morgan fingerprint density at radius 1 is 1.32 bits per heavy atom. The van der Waals surface area contributed by atoms with E-state index in [9.17, 15) is 14.7 Å². The van der Waals surface area contributed by atoms with Gasteiger partial charge in [-0.05, 0) is 39.3 Å². The fourth-order valence-corrected chi connectivity index (χ4v) is 2.65. The molecule has 0 radical (unpaired) electrons. The maximum Gasteiger partial charge on any atom is 0.331 e. The van der Waals surface area contributed by atoms with Crippen molar-refractivity contribution in [3.8, 4) is 5.88 Å². The summed E-state index contributed by atoms with van der Waals surface area (Å²) in [6.07, 6.45) is 2.76. The minimum absolute atomic E-state index is 0.168. The first kappa shape index (κ1) is 13.9. The van der Waals surface area contributed by atoms with E-state index in [0.717, 1.165) is 13.1 Å². The third kappa shape index (κ3) is 2.73. The Morgan fingerprint density at radius 3 is 2.53 bits per heavy atom. The van der Waals surface area contributed by atoms with Gasteiger partial charge in [0.15, 0.2) is 0 Å². The first-order chi connectivity index (χ1) is 9.04. The quantitative estimate of drug-likeness (QED) is 0.822. The van der Waals surface area contributed by atoms with Gasteiger partial charge in [-0.25, -0.2) is 4.79 Å². The normalized spacial score (nSPS) is 17.8. The Kier molecular flexibility index (Phi) is 4.09. The van der Waals surface area contributed by atoms with Gasteiger partial charge in [0.05, 0.1) is 5.56 Å². The van der Waals surface area contributed by atoms with Crippen LogP contribution < -0.4 is 11.2 Å². The molecule has 1 atom stereocenters. The molecule has 1 saturated heterocycles. The highest BCUT2D eigenvalue weighted by Crippen LogP contribution is 2.15. The van der Waals surface area contributed by atoms with Gasteiger partial charge in [0.2, 0.25) is 5.88 Å². The van der Waals surface area contributed by atoms with E-state index in [1.807, 2.05) is 6.92 Å². The van der Waals surface area contributed by atoms with Gasteiger partial charge < -0.3 is 5.11 Å². The van der Waals surface area contributed by atoms with Crippen molar-refractivity contribution in [3.63, 3.8) is 0 Å². The second kappa shape index (κ2) is 5.61. The molecule has 1 aromatic heterocycles. The van der Waals surface area contributed by atoms with Crippen LogP contribution in [-0.4, -0.2) is 38.7 Å². The van der Waals surface area contributed by atoms with Crippen molar-refractivity contribution >= 4 is 0 Å². The molecule has 0 saturated carbocycles. The number of nitrogens with one attached hydrogen (secondary N) is 1. The molecular formula is C13H21N3O3. The molecule has 1 aliphatic heterocycles. The highest BCUT2D eigenvalue weighted by atomic mass is 16.3.